The van der Waals surface area contributed by atoms with Crippen LogP contribution in [-0.2, 0) is 14.8 Å². The van der Waals surface area contributed by atoms with Gasteiger partial charge >= 0.3 is 0 Å². The number of carbonyl (C=O) groups excluding carboxylic acids is 1. The zero-order chi connectivity index (χ0) is 25.4. The topological polar surface area (TPSA) is 82.1 Å². The largest absolute Gasteiger partial charge is 0.372 e. The molecule has 184 valence electrons. The third-order valence-corrected chi connectivity index (χ3v) is 7.22. The lowest BCUT2D eigenvalue weighted by molar-refractivity contribution is -0.119. The zero-order valence-electron chi connectivity index (χ0n) is 20.0. The van der Waals surface area contributed by atoms with E-state index in [-0.39, 0.29) is 10.6 Å². The monoisotopic (exact) mass is 496 g/mol. The van der Waals surface area contributed by atoms with Gasteiger partial charge in [-0.05, 0) is 74.9 Å². The highest BCUT2D eigenvalue weighted by Crippen LogP contribution is 2.24. The van der Waals surface area contributed by atoms with E-state index in [2.05, 4.69) is 29.3 Å². The molecule has 1 N–H and O–H groups in total. The van der Waals surface area contributed by atoms with E-state index in [9.17, 15) is 17.6 Å². The Labute approximate surface area is 205 Å². The Kier molecular flexibility index (Phi) is 8.59. The van der Waals surface area contributed by atoms with Crippen molar-refractivity contribution in [3.63, 3.8) is 0 Å². The van der Waals surface area contributed by atoms with Crippen LogP contribution in [-0.4, -0.2) is 40.2 Å². The molecule has 0 heterocycles. The average Bonchev–Trinajstić information content (AvgIpc) is 2.85. The van der Waals surface area contributed by atoms with Crippen molar-refractivity contribution in [2.45, 2.75) is 25.7 Å². The molecule has 0 saturated heterocycles. The summed E-state index contributed by atoms with van der Waals surface area (Å²) >= 11 is 0. The van der Waals surface area contributed by atoms with Crippen LogP contribution in [0.5, 0.6) is 0 Å². The summed E-state index contributed by atoms with van der Waals surface area (Å²) in [6.45, 7) is 7.29. The number of halogens is 1. The van der Waals surface area contributed by atoms with Crippen LogP contribution in [0.2, 0.25) is 0 Å². The fourth-order valence-electron chi connectivity index (χ4n) is 3.46. The molecule has 0 bridgehead atoms. The van der Waals surface area contributed by atoms with Gasteiger partial charge in [-0.15, -0.1) is 0 Å². The third kappa shape index (κ3) is 6.66. The molecular weight excluding hydrogens is 467 g/mol. The molecule has 0 aliphatic heterocycles. The van der Waals surface area contributed by atoms with Crippen LogP contribution in [0.25, 0.3) is 0 Å². The third-order valence-electron chi connectivity index (χ3n) is 5.44. The number of amides is 1. The first-order chi connectivity index (χ1) is 16.7. The first-order valence-corrected chi connectivity index (χ1v) is 12.7. The van der Waals surface area contributed by atoms with E-state index in [0.717, 1.165) is 46.3 Å². The standard InChI is InChI=1S/C26H29FN4O3S/c1-4-30(5-2)23-12-8-21(9-13-23)18-28-29-26(32)19-31(24-14-10-22(27)11-15-24)35(33,34)25-16-6-20(3)7-17-25/h6-18H,4-5,19H2,1-3H3,(H,29,32)/b28-18-. The Balaban J connectivity index is 1.75. The van der Waals surface area contributed by atoms with Gasteiger partial charge in [0.25, 0.3) is 15.9 Å². The molecular formula is C26H29FN4O3S. The second kappa shape index (κ2) is 11.6. The molecule has 3 aromatic carbocycles. The van der Waals surface area contributed by atoms with E-state index in [1.807, 2.05) is 31.2 Å². The number of anilines is 2. The van der Waals surface area contributed by atoms with Crippen molar-refractivity contribution in [3.8, 4) is 0 Å². The number of aryl methyl sites for hydroxylation is 1. The van der Waals surface area contributed by atoms with Crippen LogP contribution in [0.4, 0.5) is 15.8 Å². The second-order valence-corrected chi connectivity index (χ2v) is 9.72. The van der Waals surface area contributed by atoms with Crippen molar-refractivity contribution < 1.29 is 17.6 Å². The first kappa shape index (κ1) is 25.9. The molecule has 7 nitrogen and oxygen atoms in total. The Morgan fingerprint density at radius 2 is 1.49 bits per heavy atom. The molecule has 1 amide bonds. The number of hydrogen-bond donors (Lipinski definition) is 1. The molecule has 9 heteroatoms. The van der Waals surface area contributed by atoms with Crippen LogP contribution in [0.3, 0.4) is 0 Å². The second-order valence-electron chi connectivity index (χ2n) is 7.86. The van der Waals surface area contributed by atoms with Crippen LogP contribution in [0, 0.1) is 12.7 Å². The van der Waals surface area contributed by atoms with Gasteiger partial charge in [-0.1, -0.05) is 29.8 Å². The highest BCUT2D eigenvalue weighted by Gasteiger charge is 2.27. The number of benzene rings is 3. The van der Waals surface area contributed by atoms with Crippen LogP contribution < -0.4 is 14.6 Å². The number of hydrogen-bond acceptors (Lipinski definition) is 5. The van der Waals surface area contributed by atoms with E-state index < -0.39 is 28.3 Å². The van der Waals surface area contributed by atoms with E-state index in [4.69, 9.17) is 0 Å². The van der Waals surface area contributed by atoms with Crippen molar-refractivity contribution in [1.29, 1.82) is 0 Å². The Morgan fingerprint density at radius 3 is 2.06 bits per heavy atom. The van der Waals surface area contributed by atoms with Crippen molar-refractivity contribution in [2.75, 3.05) is 28.8 Å². The Morgan fingerprint density at radius 1 is 0.914 bits per heavy atom. The zero-order valence-corrected chi connectivity index (χ0v) is 20.8. The van der Waals surface area contributed by atoms with Gasteiger partial charge in [0.15, 0.2) is 0 Å². The minimum absolute atomic E-state index is 0.0250. The van der Waals surface area contributed by atoms with Crippen LogP contribution in [0.1, 0.15) is 25.0 Å². The molecule has 0 aliphatic rings. The van der Waals surface area contributed by atoms with Gasteiger partial charge in [0.2, 0.25) is 0 Å². The van der Waals surface area contributed by atoms with Gasteiger partial charge in [0, 0.05) is 18.8 Å². The minimum Gasteiger partial charge on any atom is -0.372 e. The average molecular weight is 497 g/mol. The van der Waals surface area contributed by atoms with Gasteiger partial charge in [-0.2, -0.15) is 5.10 Å². The molecule has 0 unspecified atom stereocenters. The van der Waals surface area contributed by atoms with Gasteiger partial charge in [-0.25, -0.2) is 18.2 Å². The molecule has 0 radical (unpaired) electrons. The summed E-state index contributed by atoms with van der Waals surface area (Å²) in [4.78, 5) is 14.9. The number of rotatable bonds is 10. The maximum atomic E-state index is 13.4. The lowest BCUT2D eigenvalue weighted by atomic mass is 10.2. The molecule has 3 rings (SSSR count). The summed E-state index contributed by atoms with van der Waals surface area (Å²) < 4.78 is 41.0. The summed E-state index contributed by atoms with van der Waals surface area (Å²) in [5.74, 6) is -1.15. The predicted octanol–water partition coefficient (Wildman–Crippen LogP) is 4.33. The predicted molar refractivity (Wildman–Crippen MR) is 138 cm³/mol. The minimum atomic E-state index is -4.08. The number of hydrazone groups is 1. The SMILES string of the molecule is CCN(CC)c1ccc(/C=N\NC(=O)CN(c2ccc(F)cc2)S(=O)(=O)c2ccc(C)cc2)cc1. The lowest BCUT2D eigenvalue weighted by Gasteiger charge is -2.23. The molecule has 0 atom stereocenters. The number of carbonyl (C=O) groups is 1. The van der Waals surface area contributed by atoms with Gasteiger partial charge < -0.3 is 4.90 Å². The van der Waals surface area contributed by atoms with Crippen molar-refractivity contribution in [3.05, 3.63) is 89.7 Å². The maximum absolute atomic E-state index is 13.4. The Bertz CT molecular complexity index is 1260. The number of sulfonamides is 1. The summed E-state index contributed by atoms with van der Waals surface area (Å²) in [7, 11) is -4.08. The van der Waals surface area contributed by atoms with Crippen LogP contribution in [0.15, 0.2) is 82.8 Å². The van der Waals surface area contributed by atoms with Gasteiger partial charge in [0.1, 0.15) is 12.4 Å². The smallest absolute Gasteiger partial charge is 0.264 e. The highest BCUT2D eigenvalue weighted by molar-refractivity contribution is 7.92. The number of nitrogens with one attached hydrogen (secondary N) is 1. The Hall–Kier alpha value is -3.72. The molecule has 3 aromatic rings. The summed E-state index contributed by atoms with van der Waals surface area (Å²) in [5.41, 5.74) is 5.31. The fraction of sp³-hybridized carbons (Fsp3) is 0.231. The summed E-state index contributed by atoms with van der Waals surface area (Å²) in [6.07, 6.45) is 1.49. The quantitative estimate of drug-likeness (QED) is 0.335. The molecule has 35 heavy (non-hydrogen) atoms. The maximum Gasteiger partial charge on any atom is 0.264 e. The van der Waals surface area contributed by atoms with E-state index in [0.29, 0.717) is 0 Å². The fourth-order valence-corrected chi connectivity index (χ4v) is 4.89. The molecule has 0 saturated carbocycles. The first-order valence-electron chi connectivity index (χ1n) is 11.3. The molecule has 0 fully saturated rings. The van der Waals surface area contributed by atoms with Gasteiger partial charge in [0.05, 0.1) is 16.8 Å². The normalized spacial score (nSPS) is 11.4. The lowest BCUT2D eigenvalue weighted by Crippen LogP contribution is -2.39. The van der Waals surface area contributed by atoms with E-state index >= 15 is 0 Å². The molecule has 0 aromatic heterocycles. The van der Waals surface area contributed by atoms with Crippen molar-refractivity contribution >= 4 is 33.5 Å². The molecule has 0 aliphatic carbocycles. The highest BCUT2D eigenvalue weighted by atomic mass is 32.2. The summed E-state index contributed by atoms with van der Waals surface area (Å²) in [6, 6.07) is 18.9. The van der Waals surface area contributed by atoms with Crippen molar-refractivity contribution in [1.82, 2.24) is 5.43 Å². The van der Waals surface area contributed by atoms with E-state index in [1.165, 1.54) is 30.5 Å². The van der Waals surface area contributed by atoms with E-state index in [1.54, 1.807) is 12.1 Å². The number of nitrogens with zero attached hydrogens (tertiary/aromatic N) is 3. The molecule has 0 spiro atoms. The van der Waals surface area contributed by atoms with Gasteiger partial charge in [-0.3, -0.25) is 9.10 Å². The summed E-state index contributed by atoms with van der Waals surface area (Å²) in [5, 5.41) is 3.96. The van der Waals surface area contributed by atoms with Crippen molar-refractivity contribution in [2.24, 2.45) is 5.10 Å². The van der Waals surface area contributed by atoms with Crippen LogP contribution >= 0.6 is 0 Å².